The Morgan fingerprint density at radius 2 is 2.20 bits per heavy atom. The van der Waals surface area contributed by atoms with Crippen molar-refractivity contribution in [1.82, 2.24) is 15.3 Å². The Kier molecular flexibility index (Phi) is 4.42. The Hall–Kier alpha value is -2.38. The summed E-state index contributed by atoms with van der Waals surface area (Å²) in [6.07, 6.45) is 1.53. The maximum atomic E-state index is 12.3. The highest BCUT2D eigenvalue weighted by atomic mass is 32.2. The summed E-state index contributed by atoms with van der Waals surface area (Å²) in [7, 11) is 0. The number of furan rings is 1. The van der Waals surface area contributed by atoms with Crippen LogP contribution in [0.4, 0.5) is 0 Å². The minimum Gasteiger partial charge on any atom is -0.459 e. The number of nitrogens with zero attached hydrogens (tertiary/aromatic N) is 2. The van der Waals surface area contributed by atoms with Crippen molar-refractivity contribution in [2.45, 2.75) is 18.0 Å². The Morgan fingerprint density at radius 1 is 1.32 bits per heavy atom. The molecule has 25 heavy (non-hydrogen) atoms. The van der Waals surface area contributed by atoms with Crippen LogP contribution in [0.5, 0.6) is 0 Å². The third-order valence-corrected chi connectivity index (χ3v) is 5.83. The number of rotatable bonds is 5. The highest BCUT2D eigenvalue weighted by Crippen LogP contribution is 2.29. The summed E-state index contributed by atoms with van der Waals surface area (Å²) in [5.74, 6) is 0.998. The van der Waals surface area contributed by atoms with Crippen LogP contribution in [0.3, 0.4) is 0 Å². The molecule has 3 aromatic heterocycles. The molecule has 3 heterocycles. The second-order valence-corrected chi connectivity index (χ2v) is 7.46. The summed E-state index contributed by atoms with van der Waals surface area (Å²) in [6.45, 7) is 1.92. The van der Waals surface area contributed by atoms with Gasteiger partial charge in [0.25, 0.3) is 0 Å². The SMILES string of the molecule is C[C@@H](NC(=O)CSc1ncnc2ccsc12)c1cc2ccccc2o1. The smallest absolute Gasteiger partial charge is 0.231 e. The van der Waals surface area contributed by atoms with E-state index in [0.29, 0.717) is 5.75 Å². The second kappa shape index (κ2) is 6.85. The monoisotopic (exact) mass is 369 g/mol. The highest BCUT2D eigenvalue weighted by molar-refractivity contribution is 8.00. The topological polar surface area (TPSA) is 68.0 Å². The van der Waals surface area contributed by atoms with Crippen molar-refractivity contribution in [3.63, 3.8) is 0 Å². The van der Waals surface area contributed by atoms with E-state index in [1.54, 1.807) is 11.3 Å². The Balaban J connectivity index is 1.40. The van der Waals surface area contributed by atoms with Gasteiger partial charge in [-0.25, -0.2) is 9.97 Å². The molecule has 0 aliphatic rings. The minimum absolute atomic E-state index is 0.0544. The summed E-state index contributed by atoms with van der Waals surface area (Å²) in [4.78, 5) is 20.8. The van der Waals surface area contributed by atoms with E-state index in [-0.39, 0.29) is 11.9 Å². The average molecular weight is 369 g/mol. The molecule has 0 aliphatic carbocycles. The molecule has 0 radical (unpaired) electrons. The zero-order valence-electron chi connectivity index (χ0n) is 13.4. The quantitative estimate of drug-likeness (QED) is 0.417. The first-order chi connectivity index (χ1) is 12.2. The summed E-state index contributed by atoms with van der Waals surface area (Å²) in [5.41, 5.74) is 1.74. The molecule has 1 atom stereocenters. The van der Waals surface area contributed by atoms with Gasteiger partial charge in [-0.1, -0.05) is 30.0 Å². The van der Waals surface area contributed by atoms with Gasteiger partial charge in [0.1, 0.15) is 22.7 Å². The van der Waals surface area contributed by atoms with Crippen LogP contribution < -0.4 is 5.32 Å². The van der Waals surface area contributed by atoms with Crippen molar-refractivity contribution in [2.24, 2.45) is 0 Å². The molecule has 4 aromatic rings. The maximum absolute atomic E-state index is 12.3. The second-order valence-electron chi connectivity index (χ2n) is 5.58. The molecule has 1 amide bonds. The van der Waals surface area contributed by atoms with E-state index in [9.17, 15) is 4.79 Å². The van der Waals surface area contributed by atoms with Crippen molar-refractivity contribution in [1.29, 1.82) is 0 Å². The van der Waals surface area contributed by atoms with Gasteiger partial charge in [-0.05, 0) is 30.5 Å². The van der Waals surface area contributed by atoms with Crippen molar-refractivity contribution >= 4 is 50.2 Å². The lowest BCUT2D eigenvalue weighted by Gasteiger charge is -2.11. The molecule has 5 nitrogen and oxygen atoms in total. The Labute approximate surface area is 152 Å². The van der Waals surface area contributed by atoms with E-state index < -0.39 is 0 Å². The van der Waals surface area contributed by atoms with Gasteiger partial charge in [0, 0.05) is 5.39 Å². The summed E-state index contributed by atoms with van der Waals surface area (Å²) in [5, 5.41) is 6.83. The number of benzene rings is 1. The Bertz CT molecular complexity index is 1010. The third kappa shape index (κ3) is 3.38. The van der Waals surface area contributed by atoms with E-state index >= 15 is 0 Å². The number of nitrogens with one attached hydrogen (secondary N) is 1. The van der Waals surface area contributed by atoms with Crippen molar-refractivity contribution in [3.05, 3.63) is 53.9 Å². The van der Waals surface area contributed by atoms with Crippen LogP contribution in [0, 0.1) is 0 Å². The number of hydrogen-bond donors (Lipinski definition) is 1. The van der Waals surface area contributed by atoms with Gasteiger partial charge in [-0.3, -0.25) is 4.79 Å². The molecule has 4 rings (SSSR count). The number of aromatic nitrogens is 2. The van der Waals surface area contributed by atoms with Crippen molar-refractivity contribution in [3.8, 4) is 0 Å². The number of thiophene rings is 1. The zero-order valence-corrected chi connectivity index (χ0v) is 15.1. The molecule has 1 N–H and O–H groups in total. The van der Waals surface area contributed by atoms with Crippen LogP contribution in [-0.4, -0.2) is 21.6 Å². The summed E-state index contributed by atoms with van der Waals surface area (Å²) >= 11 is 3.01. The minimum atomic E-state index is -0.187. The molecular formula is C18H15N3O2S2. The van der Waals surface area contributed by atoms with E-state index in [1.807, 2.05) is 48.7 Å². The number of thioether (sulfide) groups is 1. The summed E-state index contributed by atoms with van der Waals surface area (Å²) < 4.78 is 6.82. The van der Waals surface area contributed by atoms with Gasteiger partial charge in [0.2, 0.25) is 5.91 Å². The lowest BCUT2D eigenvalue weighted by molar-refractivity contribution is -0.119. The van der Waals surface area contributed by atoms with E-state index in [1.165, 1.54) is 18.1 Å². The summed E-state index contributed by atoms with van der Waals surface area (Å²) in [6, 6.07) is 11.5. The molecular weight excluding hydrogens is 354 g/mol. The number of amides is 1. The normalized spacial score (nSPS) is 12.5. The van der Waals surface area contributed by atoms with Gasteiger partial charge in [0.05, 0.1) is 22.0 Å². The van der Waals surface area contributed by atoms with Gasteiger partial charge < -0.3 is 9.73 Å². The predicted molar refractivity (Wildman–Crippen MR) is 101 cm³/mol. The van der Waals surface area contributed by atoms with Crippen LogP contribution in [0.1, 0.15) is 18.7 Å². The van der Waals surface area contributed by atoms with E-state index in [0.717, 1.165) is 32.0 Å². The highest BCUT2D eigenvalue weighted by Gasteiger charge is 2.15. The van der Waals surface area contributed by atoms with Crippen LogP contribution in [0.25, 0.3) is 21.2 Å². The van der Waals surface area contributed by atoms with Gasteiger partial charge in [-0.2, -0.15) is 0 Å². The first kappa shape index (κ1) is 16.1. The molecule has 0 saturated heterocycles. The molecule has 126 valence electrons. The molecule has 0 bridgehead atoms. The lowest BCUT2D eigenvalue weighted by atomic mass is 10.2. The van der Waals surface area contributed by atoms with Crippen LogP contribution in [0.15, 0.2) is 57.5 Å². The van der Waals surface area contributed by atoms with Crippen LogP contribution in [0.2, 0.25) is 0 Å². The van der Waals surface area contributed by atoms with Crippen molar-refractivity contribution in [2.75, 3.05) is 5.75 Å². The Morgan fingerprint density at radius 3 is 3.08 bits per heavy atom. The van der Waals surface area contributed by atoms with Gasteiger partial charge >= 0.3 is 0 Å². The lowest BCUT2D eigenvalue weighted by Crippen LogP contribution is -2.27. The molecule has 7 heteroatoms. The standard InChI is InChI=1S/C18H15N3O2S2/c1-11(15-8-12-4-2-3-5-14(12)23-15)21-16(22)9-25-18-17-13(6-7-24-17)19-10-20-18/h2-8,10-11H,9H2,1H3,(H,21,22)/t11-/m1/s1. The zero-order chi connectivity index (χ0) is 17.2. The molecule has 0 unspecified atom stereocenters. The van der Waals surface area contributed by atoms with E-state index in [4.69, 9.17) is 4.42 Å². The van der Waals surface area contributed by atoms with Gasteiger partial charge in [-0.15, -0.1) is 11.3 Å². The molecule has 0 aliphatic heterocycles. The number of fused-ring (bicyclic) bond motifs is 2. The third-order valence-electron chi connectivity index (χ3n) is 3.80. The van der Waals surface area contributed by atoms with Gasteiger partial charge in [0.15, 0.2) is 0 Å². The molecule has 1 aromatic carbocycles. The molecule has 0 spiro atoms. The first-order valence-electron chi connectivity index (χ1n) is 7.79. The fraction of sp³-hybridized carbons (Fsp3) is 0.167. The fourth-order valence-corrected chi connectivity index (χ4v) is 4.33. The molecule has 0 fully saturated rings. The maximum Gasteiger partial charge on any atom is 0.231 e. The largest absolute Gasteiger partial charge is 0.459 e. The van der Waals surface area contributed by atoms with Crippen LogP contribution >= 0.6 is 23.1 Å². The van der Waals surface area contributed by atoms with E-state index in [2.05, 4.69) is 15.3 Å². The fourth-order valence-electron chi connectivity index (χ4n) is 2.57. The average Bonchev–Trinajstić information content (AvgIpc) is 3.26. The first-order valence-corrected chi connectivity index (χ1v) is 9.66. The number of carbonyl (C=O) groups is 1. The van der Waals surface area contributed by atoms with Crippen molar-refractivity contribution < 1.29 is 9.21 Å². The predicted octanol–water partition coefficient (Wildman–Crippen LogP) is 4.41. The number of carbonyl (C=O) groups excluding carboxylic acids is 1. The number of para-hydroxylation sites is 1. The number of hydrogen-bond acceptors (Lipinski definition) is 6. The molecule has 0 saturated carbocycles. The van der Waals surface area contributed by atoms with Crippen LogP contribution in [-0.2, 0) is 4.79 Å².